The topological polar surface area (TPSA) is 49.6 Å². The Labute approximate surface area is 116 Å². The summed E-state index contributed by atoms with van der Waals surface area (Å²) in [6.45, 7) is 4.28. The third-order valence-corrected chi connectivity index (χ3v) is 5.26. The molecule has 0 spiro atoms. The predicted molar refractivity (Wildman–Crippen MR) is 75.8 cm³/mol. The van der Waals surface area contributed by atoms with E-state index >= 15 is 0 Å². The lowest BCUT2D eigenvalue weighted by molar-refractivity contribution is -0.139. The van der Waals surface area contributed by atoms with Crippen LogP contribution < -0.4 is 5.73 Å². The van der Waals surface area contributed by atoms with Gasteiger partial charge in [-0.25, -0.2) is 0 Å². The zero-order valence-corrected chi connectivity index (χ0v) is 11.9. The summed E-state index contributed by atoms with van der Waals surface area (Å²) >= 11 is 0. The van der Waals surface area contributed by atoms with E-state index in [0.717, 1.165) is 45.2 Å². The lowest BCUT2D eigenvalue weighted by Crippen LogP contribution is -2.58. The SMILES string of the molecule is NC1(C(=O)N2CCCC(N3CCCC3)C2)CCCC1. The number of nitrogens with zero attached hydrogens (tertiary/aromatic N) is 2. The fourth-order valence-corrected chi connectivity index (χ4v) is 4.08. The molecule has 1 saturated carbocycles. The van der Waals surface area contributed by atoms with Crippen molar-refractivity contribution in [2.24, 2.45) is 5.73 Å². The van der Waals surface area contributed by atoms with Crippen LogP contribution in [0.2, 0.25) is 0 Å². The van der Waals surface area contributed by atoms with Gasteiger partial charge in [0.15, 0.2) is 0 Å². The average Bonchev–Trinajstić information content (AvgIpc) is 3.10. The van der Waals surface area contributed by atoms with Gasteiger partial charge in [0, 0.05) is 19.1 Å². The van der Waals surface area contributed by atoms with Crippen LogP contribution in [0, 0.1) is 0 Å². The van der Waals surface area contributed by atoms with Gasteiger partial charge in [-0.15, -0.1) is 0 Å². The zero-order chi connectivity index (χ0) is 13.3. The highest BCUT2D eigenvalue weighted by Gasteiger charge is 2.41. The number of rotatable bonds is 2. The highest BCUT2D eigenvalue weighted by Crippen LogP contribution is 2.30. The Morgan fingerprint density at radius 2 is 1.68 bits per heavy atom. The maximum atomic E-state index is 12.7. The van der Waals surface area contributed by atoms with Crippen molar-refractivity contribution in [2.75, 3.05) is 26.2 Å². The van der Waals surface area contributed by atoms with Crippen molar-refractivity contribution in [3.63, 3.8) is 0 Å². The van der Waals surface area contributed by atoms with Crippen LogP contribution in [0.5, 0.6) is 0 Å². The van der Waals surface area contributed by atoms with Gasteiger partial charge < -0.3 is 10.6 Å². The molecule has 2 heterocycles. The number of carbonyl (C=O) groups excluding carboxylic acids is 1. The Hall–Kier alpha value is -0.610. The minimum atomic E-state index is -0.535. The molecule has 2 saturated heterocycles. The molecule has 0 aromatic heterocycles. The molecule has 1 aliphatic carbocycles. The molecule has 4 heteroatoms. The summed E-state index contributed by atoms with van der Waals surface area (Å²) in [5.41, 5.74) is 5.79. The van der Waals surface area contributed by atoms with Crippen LogP contribution in [0.4, 0.5) is 0 Å². The Bertz CT molecular complexity index is 332. The predicted octanol–water partition coefficient (Wildman–Crippen LogP) is 1.34. The average molecular weight is 265 g/mol. The largest absolute Gasteiger partial charge is 0.340 e. The van der Waals surface area contributed by atoms with Gasteiger partial charge in [0.1, 0.15) is 0 Å². The number of likely N-dealkylation sites (tertiary alicyclic amines) is 2. The first-order valence-corrected chi connectivity index (χ1v) is 8.01. The monoisotopic (exact) mass is 265 g/mol. The van der Waals surface area contributed by atoms with Gasteiger partial charge in [0.25, 0.3) is 0 Å². The highest BCUT2D eigenvalue weighted by atomic mass is 16.2. The van der Waals surface area contributed by atoms with Crippen molar-refractivity contribution < 1.29 is 4.79 Å². The summed E-state index contributed by atoms with van der Waals surface area (Å²) in [4.78, 5) is 17.3. The molecule has 0 bridgehead atoms. The van der Waals surface area contributed by atoms with Crippen LogP contribution in [0.15, 0.2) is 0 Å². The first-order valence-electron chi connectivity index (χ1n) is 8.01. The summed E-state index contributed by atoms with van der Waals surface area (Å²) in [7, 11) is 0. The molecule has 2 N–H and O–H groups in total. The van der Waals surface area contributed by atoms with E-state index in [2.05, 4.69) is 9.80 Å². The molecule has 0 aromatic rings. The van der Waals surface area contributed by atoms with Crippen LogP contribution in [0.3, 0.4) is 0 Å². The summed E-state index contributed by atoms with van der Waals surface area (Å²) in [5.74, 6) is 0.230. The van der Waals surface area contributed by atoms with Crippen LogP contribution in [0.1, 0.15) is 51.4 Å². The highest BCUT2D eigenvalue weighted by molar-refractivity contribution is 5.86. The second-order valence-electron chi connectivity index (χ2n) is 6.65. The first-order chi connectivity index (χ1) is 9.19. The Morgan fingerprint density at radius 1 is 1.00 bits per heavy atom. The van der Waals surface area contributed by atoms with E-state index in [9.17, 15) is 4.79 Å². The van der Waals surface area contributed by atoms with Gasteiger partial charge in [0.05, 0.1) is 5.54 Å². The van der Waals surface area contributed by atoms with Crippen molar-refractivity contribution in [3.05, 3.63) is 0 Å². The van der Waals surface area contributed by atoms with Gasteiger partial charge >= 0.3 is 0 Å². The molecule has 2 aliphatic heterocycles. The first kappa shape index (κ1) is 13.4. The van der Waals surface area contributed by atoms with Crippen molar-refractivity contribution in [1.82, 2.24) is 9.80 Å². The van der Waals surface area contributed by atoms with Crippen molar-refractivity contribution in [1.29, 1.82) is 0 Å². The van der Waals surface area contributed by atoms with Crippen LogP contribution >= 0.6 is 0 Å². The number of carbonyl (C=O) groups is 1. The fraction of sp³-hybridized carbons (Fsp3) is 0.933. The van der Waals surface area contributed by atoms with Crippen LogP contribution in [-0.2, 0) is 4.79 Å². The summed E-state index contributed by atoms with van der Waals surface area (Å²) in [6, 6.07) is 0.588. The molecule has 0 aromatic carbocycles. The lowest BCUT2D eigenvalue weighted by Gasteiger charge is -2.40. The molecule has 3 fully saturated rings. The molecule has 1 unspecified atom stereocenters. The fourth-order valence-electron chi connectivity index (χ4n) is 4.08. The van der Waals surface area contributed by atoms with Gasteiger partial charge in [-0.1, -0.05) is 12.8 Å². The molecule has 1 atom stereocenters. The number of nitrogens with two attached hydrogens (primary N) is 1. The normalized spacial score (nSPS) is 31.8. The van der Waals surface area contributed by atoms with E-state index in [4.69, 9.17) is 5.73 Å². The van der Waals surface area contributed by atoms with E-state index in [1.54, 1.807) is 0 Å². The number of hydrogen-bond acceptors (Lipinski definition) is 3. The van der Waals surface area contributed by atoms with Crippen LogP contribution in [-0.4, -0.2) is 53.5 Å². The number of hydrogen-bond donors (Lipinski definition) is 1. The molecule has 4 nitrogen and oxygen atoms in total. The Kier molecular flexibility index (Phi) is 3.81. The third-order valence-electron chi connectivity index (χ3n) is 5.26. The molecular weight excluding hydrogens is 238 g/mol. The number of piperidine rings is 1. The quantitative estimate of drug-likeness (QED) is 0.820. The third kappa shape index (κ3) is 2.65. The molecule has 19 heavy (non-hydrogen) atoms. The molecule has 108 valence electrons. The van der Waals surface area contributed by atoms with Crippen LogP contribution in [0.25, 0.3) is 0 Å². The van der Waals surface area contributed by atoms with Crippen molar-refractivity contribution in [2.45, 2.75) is 62.9 Å². The van der Waals surface area contributed by atoms with E-state index in [-0.39, 0.29) is 5.91 Å². The second kappa shape index (κ2) is 5.41. The smallest absolute Gasteiger partial charge is 0.242 e. The number of amides is 1. The van der Waals surface area contributed by atoms with Crippen molar-refractivity contribution in [3.8, 4) is 0 Å². The molecular formula is C15H27N3O. The molecule has 3 rings (SSSR count). The van der Waals surface area contributed by atoms with Crippen molar-refractivity contribution >= 4 is 5.91 Å². The maximum Gasteiger partial charge on any atom is 0.242 e. The minimum absolute atomic E-state index is 0.230. The van der Waals surface area contributed by atoms with Gasteiger partial charge in [-0.2, -0.15) is 0 Å². The maximum absolute atomic E-state index is 12.7. The van der Waals surface area contributed by atoms with E-state index < -0.39 is 5.54 Å². The minimum Gasteiger partial charge on any atom is -0.340 e. The van der Waals surface area contributed by atoms with Gasteiger partial charge in [0.2, 0.25) is 5.91 Å². The zero-order valence-electron chi connectivity index (χ0n) is 11.9. The summed E-state index contributed by atoms with van der Waals surface area (Å²) in [6.07, 6.45) is 9.05. The molecule has 1 amide bonds. The van der Waals surface area contributed by atoms with E-state index in [1.165, 1.54) is 32.4 Å². The Morgan fingerprint density at radius 3 is 2.37 bits per heavy atom. The Balaban J connectivity index is 1.62. The van der Waals surface area contributed by atoms with Gasteiger partial charge in [-0.05, 0) is 51.6 Å². The molecule has 3 aliphatic rings. The summed E-state index contributed by atoms with van der Waals surface area (Å²) < 4.78 is 0. The lowest BCUT2D eigenvalue weighted by atomic mass is 9.94. The summed E-state index contributed by atoms with van der Waals surface area (Å²) in [5, 5.41) is 0. The second-order valence-corrected chi connectivity index (χ2v) is 6.65. The van der Waals surface area contributed by atoms with E-state index in [0.29, 0.717) is 6.04 Å². The standard InChI is InChI=1S/C15H27N3O/c16-15(7-1-2-8-15)14(19)18-11-5-6-13(12-18)17-9-3-4-10-17/h13H,1-12,16H2. The van der Waals surface area contributed by atoms with Gasteiger partial charge in [-0.3, -0.25) is 9.69 Å². The van der Waals surface area contributed by atoms with E-state index in [1.807, 2.05) is 0 Å². The molecule has 0 radical (unpaired) electrons.